The van der Waals surface area contributed by atoms with Crippen LogP contribution in [0.3, 0.4) is 0 Å². The molecule has 3 rings (SSSR count). The molecule has 0 aromatic heterocycles. The predicted octanol–water partition coefficient (Wildman–Crippen LogP) is 4.34. The molecule has 0 aliphatic carbocycles. The number of alkyl halides is 3. The van der Waals surface area contributed by atoms with Crippen molar-refractivity contribution in [1.82, 2.24) is 10.2 Å². The van der Waals surface area contributed by atoms with Crippen LogP contribution < -0.4 is 5.32 Å². The number of nitrogens with zero attached hydrogens (tertiary/aromatic N) is 1. The summed E-state index contributed by atoms with van der Waals surface area (Å²) in [5.41, 5.74) is 1.55. The van der Waals surface area contributed by atoms with Gasteiger partial charge in [0.25, 0.3) is 0 Å². The number of hydrogen-bond donors (Lipinski definition) is 2. The summed E-state index contributed by atoms with van der Waals surface area (Å²) >= 11 is 0. The van der Waals surface area contributed by atoms with E-state index in [9.17, 15) is 27.9 Å². The fourth-order valence-corrected chi connectivity index (χ4v) is 4.08. The molecule has 0 saturated carbocycles. The minimum Gasteiger partial charge on any atom is -0.444 e. The number of rotatable bonds is 4. The van der Waals surface area contributed by atoms with Gasteiger partial charge in [0.1, 0.15) is 12.1 Å². The number of aliphatic hydroxyl groups excluding tert-OH is 1. The Labute approximate surface area is 196 Å². The van der Waals surface area contributed by atoms with E-state index in [0.717, 1.165) is 11.1 Å². The Hall–Kier alpha value is -3.07. The highest BCUT2D eigenvalue weighted by molar-refractivity contribution is 5.81. The van der Waals surface area contributed by atoms with E-state index >= 15 is 0 Å². The molecule has 0 spiro atoms. The van der Waals surface area contributed by atoms with Crippen LogP contribution in [0.25, 0.3) is 11.1 Å². The number of aliphatic hydroxyl groups is 1. The normalized spacial score (nSPS) is 21.1. The smallest absolute Gasteiger partial charge is 0.410 e. The molecule has 6 nitrogen and oxygen atoms in total. The van der Waals surface area contributed by atoms with E-state index in [2.05, 4.69) is 0 Å². The third kappa shape index (κ3) is 6.72. The summed E-state index contributed by atoms with van der Waals surface area (Å²) in [5, 5.41) is 12.9. The molecule has 2 N–H and O–H groups in total. The molecule has 0 radical (unpaired) electrons. The number of likely N-dealkylation sites (tertiary alicyclic amines) is 1. The summed E-state index contributed by atoms with van der Waals surface area (Å²) in [7, 11) is 0. The van der Waals surface area contributed by atoms with Crippen LogP contribution in [0.1, 0.15) is 32.3 Å². The molecule has 1 heterocycles. The third-order valence-electron chi connectivity index (χ3n) is 5.50. The molecule has 34 heavy (non-hydrogen) atoms. The lowest BCUT2D eigenvalue weighted by Crippen LogP contribution is -2.55. The Morgan fingerprint density at radius 1 is 1.03 bits per heavy atom. The quantitative estimate of drug-likeness (QED) is 0.685. The lowest BCUT2D eigenvalue weighted by Gasteiger charge is -2.41. The molecule has 3 atom stereocenters. The van der Waals surface area contributed by atoms with Crippen molar-refractivity contribution in [2.75, 3.05) is 19.6 Å². The first kappa shape index (κ1) is 25.6. The third-order valence-corrected chi connectivity index (χ3v) is 5.50. The molecule has 0 bridgehead atoms. The van der Waals surface area contributed by atoms with Gasteiger partial charge in [-0.3, -0.25) is 4.79 Å². The SMILES string of the molecule is CC(C)(C)OC(=O)N1C[C@@H](O)[C@H](c2cccc(-c3ccccc3)c2)[C@@H](C(=O)NCC(F)(F)F)C1. The Kier molecular flexibility index (Phi) is 7.55. The molecule has 2 aromatic carbocycles. The molecule has 1 saturated heterocycles. The molecule has 2 amide bonds. The maximum Gasteiger partial charge on any atom is 0.410 e. The summed E-state index contributed by atoms with van der Waals surface area (Å²) in [4.78, 5) is 26.7. The second-order valence-electron chi connectivity index (χ2n) is 9.41. The Bertz CT molecular complexity index is 1010. The van der Waals surface area contributed by atoms with Crippen molar-refractivity contribution in [2.45, 2.75) is 44.6 Å². The van der Waals surface area contributed by atoms with Gasteiger partial charge in [-0.1, -0.05) is 54.6 Å². The van der Waals surface area contributed by atoms with E-state index in [1.54, 1.807) is 32.9 Å². The molecule has 1 aliphatic rings. The van der Waals surface area contributed by atoms with Crippen LogP contribution in [0.15, 0.2) is 54.6 Å². The van der Waals surface area contributed by atoms with Gasteiger partial charge in [-0.2, -0.15) is 13.2 Å². The van der Waals surface area contributed by atoms with Crippen LogP contribution in [0, 0.1) is 5.92 Å². The maximum atomic E-state index is 12.9. The zero-order valence-corrected chi connectivity index (χ0v) is 19.3. The van der Waals surface area contributed by atoms with Crippen molar-refractivity contribution in [3.8, 4) is 11.1 Å². The first-order valence-electron chi connectivity index (χ1n) is 11.0. The van der Waals surface area contributed by atoms with Gasteiger partial charge in [0.05, 0.1) is 18.6 Å². The highest BCUT2D eigenvalue weighted by Gasteiger charge is 2.44. The Morgan fingerprint density at radius 2 is 1.68 bits per heavy atom. The van der Waals surface area contributed by atoms with Crippen LogP contribution in [-0.2, 0) is 9.53 Å². The van der Waals surface area contributed by atoms with Crippen LogP contribution in [-0.4, -0.2) is 59.5 Å². The number of β-amino-alcohol motifs (C(OH)–C–C–N with tert-alkyl or cyclic N) is 1. The van der Waals surface area contributed by atoms with Gasteiger partial charge in [-0.25, -0.2) is 4.79 Å². The Balaban J connectivity index is 1.92. The van der Waals surface area contributed by atoms with Crippen molar-refractivity contribution >= 4 is 12.0 Å². The van der Waals surface area contributed by atoms with E-state index in [1.807, 2.05) is 47.8 Å². The van der Waals surface area contributed by atoms with E-state index in [1.165, 1.54) is 4.90 Å². The number of benzene rings is 2. The fourth-order valence-electron chi connectivity index (χ4n) is 4.08. The number of ether oxygens (including phenoxy) is 1. The number of piperidine rings is 1. The van der Waals surface area contributed by atoms with Crippen molar-refractivity contribution in [2.24, 2.45) is 5.92 Å². The minimum atomic E-state index is -4.59. The average molecular weight is 479 g/mol. The van der Waals surface area contributed by atoms with Gasteiger partial charge in [0, 0.05) is 12.5 Å². The number of nitrogens with one attached hydrogen (secondary N) is 1. The van der Waals surface area contributed by atoms with Gasteiger partial charge in [-0.15, -0.1) is 0 Å². The highest BCUT2D eigenvalue weighted by Crippen LogP contribution is 2.36. The zero-order chi connectivity index (χ0) is 25.1. The number of amides is 2. The zero-order valence-electron chi connectivity index (χ0n) is 19.3. The first-order valence-corrected chi connectivity index (χ1v) is 11.0. The molecule has 9 heteroatoms. The summed E-state index contributed by atoms with van der Waals surface area (Å²) in [5.74, 6) is -2.81. The standard InChI is InChI=1S/C25H29F3N2O4/c1-24(2,3)34-23(33)30-13-19(22(32)29-15-25(26,27)28)21(20(31)14-30)18-11-7-10-17(12-18)16-8-5-4-6-9-16/h4-12,19-21,31H,13-15H2,1-3H3,(H,29,32)/t19-,20+,21+/m0/s1. The van der Waals surface area contributed by atoms with E-state index in [0.29, 0.717) is 5.56 Å². The van der Waals surface area contributed by atoms with Gasteiger partial charge < -0.3 is 20.1 Å². The van der Waals surface area contributed by atoms with Crippen LogP contribution in [0.4, 0.5) is 18.0 Å². The van der Waals surface area contributed by atoms with Crippen molar-refractivity contribution in [3.05, 3.63) is 60.2 Å². The van der Waals surface area contributed by atoms with Gasteiger partial charge >= 0.3 is 12.3 Å². The Morgan fingerprint density at radius 3 is 2.29 bits per heavy atom. The lowest BCUT2D eigenvalue weighted by molar-refractivity contribution is -0.143. The molecular weight excluding hydrogens is 449 g/mol. The predicted molar refractivity (Wildman–Crippen MR) is 121 cm³/mol. The largest absolute Gasteiger partial charge is 0.444 e. The first-order chi connectivity index (χ1) is 15.8. The molecular formula is C25H29F3N2O4. The molecule has 2 aromatic rings. The van der Waals surface area contributed by atoms with E-state index in [4.69, 9.17) is 4.74 Å². The summed E-state index contributed by atoms with van der Waals surface area (Å²) in [6, 6.07) is 16.7. The maximum absolute atomic E-state index is 12.9. The second-order valence-corrected chi connectivity index (χ2v) is 9.41. The lowest BCUT2D eigenvalue weighted by atomic mass is 9.77. The average Bonchev–Trinajstić information content (AvgIpc) is 2.76. The van der Waals surface area contributed by atoms with Crippen molar-refractivity contribution < 1.29 is 32.6 Å². The monoisotopic (exact) mass is 478 g/mol. The number of hydrogen-bond acceptors (Lipinski definition) is 4. The van der Waals surface area contributed by atoms with Gasteiger partial charge in [0.15, 0.2) is 0 Å². The van der Waals surface area contributed by atoms with Crippen molar-refractivity contribution in [3.63, 3.8) is 0 Å². The number of halogens is 3. The summed E-state index contributed by atoms with van der Waals surface area (Å²) in [6.07, 6.45) is -6.51. The van der Waals surface area contributed by atoms with Crippen LogP contribution in [0.5, 0.6) is 0 Å². The number of carbonyl (C=O) groups is 2. The summed E-state index contributed by atoms with van der Waals surface area (Å²) in [6.45, 7) is 3.24. The van der Waals surface area contributed by atoms with Crippen LogP contribution in [0.2, 0.25) is 0 Å². The van der Waals surface area contributed by atoms with E-state index in [-0.39, 0.29) is 13.1 Å². The minimum absolute atomic E-state index is 0.113. The van der Waals surface area contributed by atoms with Crippen LogP contribution >= 0.6 is 0 Å². The molecule has 184 valence electrons. The molecule has 0 unspecified atom stereocenters. The fraction of sp³-hybridized carbons (Fsp3) is 0.440. The summed E-state index contributed by atoms with van der Waals surface area (Å²) < 4.78 is 43.6. The second kappa shape index (κ2) is 10.0. The van der Waals surface area contributed by atoms with E-state index < -0.39 is 48.3 Å². The van der Waals surface area contributed by atoms with Crippen molar-refractivity contribution in [1.29, 1.82) is 0 Å². The van der Waals surface area contributed by atoms with Gasteiger partial charge in [0.2, 0.25) is 5.91 Å². The molecule has 1 fully saturated rings. The highest BCUT2D eigenvalue weighted by atomic mass is 19.4. The topological polar surface area (TPSA) is 78.9 Å². The van der Waals surface area contributed by atoms with Gasteiger partial charge in [-0.05, 0) is 37.5 Å². The number of carbonyl (C=O) groups excluding carboxylic acids is 2. The molecule has 1 aliphatic heterocycles.